The first kappa shape index (κ1) is 16.2. The third kappa shape index (κ3) is 2.33. The molecule has 0 radical (unpaired) electrons. The van der Waals surface area contributed by atoms with E-state index >= 15 is 0 Å². The number of aryl methyl sites for hydroxylation is 1. The summed E-state index contributed by atoms with van der Waals surface area (Å²) in [5, 5.41) is 20.7. The van der Waals surface area contributed by atoms with Crippen LogP contribution in [0.3, 0.4) is 0 Å². The van der Waals surface area contributed by atoms with Crippen molar-refractivity contribution in [3.8, 4) is 5.75 Å². The van der Waals surface area contributed by atoms with Crippen LogP contribution in [0.4, 0.5) is 0 Å². The molecule has 3 aliphatic carbocycles. The van der Waals surface area contributed by atoms with Crippen molar-refractivity contribution in [3.05, 3.63) is 42.0 Å². The Kier molecular flexibility index (Phi) is 3.97. The maximum atomic E-state index is 10.5. The Balaban J connectivity index is 1.61. The summed E-state index contributed by atoms with van der Waals surface area (Å²) in [7, 11) is 0. The second-order valence-corrected chi connectivity index (χ2v) is 8.17. The molecule has 2 N–H and O–H groups in total. The van der Waals surface area contributed by atoms with E-state index in [1.54, 1.807) is 6.08 Å². The van der Waals surface area contributed by atoms with Gasteiger partial charge in [-0.25, -0.2) is 0 Å². The van der Waals surface area contributed by atoms with E-state index in [1.807, 2.05) is 0 Å². The molecule has 6 atom stereocenters. The molecule has 2 saturated carbocycles. The summed E-state index contributed by atoms with van der Waals surface area (Å²) >= 11 is 0. The van der Waals surface area contributed by atoms with Crippen LogP contribution >= 0.6 is 0 Å². The lowest BCUT2D eigenvalue weighted by Gasteiger charge is -2.49. The molecule has 2 fully saturated rings. The van der Waals surface area contributed by atoms with Crippen LogP contribution in [0.5, 0.6) is 5.75 Å². The van der Waals surface area contributed by atoms with Crippen molar-refractivity contribution in [2.24, 2.45) is 17.3 Å². The van der Waals surface area contributed by atoms with Gasteiger partial charge in [-0.2, -0.15) is 0 Å². The van der Waals surface area contributed by atoms with E-state index in [0.717, 1.165) is 37.9 Å². The molecule has 0 bridgehead atoms. The summed E-state index contributed by atoms with van der Waals surface area (Å²) < 4.78 is 5.69. The number of aliphatic hydroxyl groups is 2. The van der Waals surface area contributed by atoms with Crippen LogP contribution in [0.2, 0.25) is 0 Å². The Bertz CT molecular complexity index is 640. The van der Waals surface area contributed by atoms with Gasteiger partial charge in [0.05, 0.1) is 12.2 Å². The molecule has 24 heavy (non-hydrogen) atoms. The van der Waals surface area contributed by atoms with Gasteiger partial charge in [0.1, 0.15) is 12.4 Å². The van der Waals surface area contributed by atoms with Crippen LogP contribution < -0.4 is 4.74 Å². The molecule has 130 valence electrons. The van der Waals surface area contributed by atoms with Gasteiger partial charge < -0.3 is 14.9 Å². The van der Waals surface area contributed by atoms with E-state index in [1.165, 1.54) is 11.1 Å². The van der Waals surface area contributed by atoms with Gasteiger partial charge >= 0.3 is 0 Å². The second-order valence-electron chi connectivity index (χ2n) is 8.17. The van der Waals surface area contributed by atoms with Gasteiger partial charge in [0.15, 0.2) is 0 Å². The third-order valence-electron chi connectivity index (χ3n) is 7.04. The van der Waals surface area contributed by atoms with Crippen LogP contribution in [0.25, 0.3) is 0 Å². The van der Waals surface area contributed by atoms with E-state index < -0.39 is 12.2 Å². The first-order valence-electron chi connectivity index (χ1n) is 9.27. The smallest absolute Gasteiger partial charge is 0.120 e. The molecule has 1 aromatic carbocycles. The molecule has 4 rings (SSSR count). The minimum absolute atomic E-state index is 0.106. The van der Waals surface area contributed by atoms with Crippen molar-refractivity contribution in [1.82, 2.24) is 0 Å². The topological polar surface area (TPSA) is 49.7 Å². The van der Waals surface area contributed by atoms with Crippen molar-refractivity contribution in [3.63, 3.8) is 0 Å². The number of benzene rings is 1. The van der Waals surface area contributed by atoms with E-state index in [4.69, 9.17) is 4.74 Å². The molecule has 0 unspecified atom stereocenters. The van der Waals surface area contributed by atoms with E-state index in [-0.39, 0.29) is 5.41 Å². The number of hydrogen-bond donors (Lipinski definition) is 2. The molecule has 0 amide bonds. The highest BCUT2D eigenvalue weighted by molar-refractivity contribution is 5.41. The van der Waals surface area contributed by atoms with Gasteiger partial charge in [-0.3, -0.25) is 0 Å². The van der Waals surface area contributed by atoms with Crippen LogP contribution in [0.1, 0.15) is 49.7 Å². The molecular weight excluding hydrogens is 300 g/mol. The van der Waals surface area contributed by atoms with Gasteiger partial charge in [0.2, 0.25) is 0 Å². The first-order valence-corrected chi connectivity index (χ1v) is 9.27. The summed E-state index contributed by atoms with van der Waals surface area (Å²) in [6.07, 6.45) is 5.77. The largest absolute Gasteiger partial charge is 0.490 e. The zero-order valence-electron chi connectivity index (χ0n) is 14.4. The van der Waals surface area contributed by atoms with Gasteiger partial charge in [0, 0.05) is 0 Å². The van der Waals surface area contributed by atoms with Gasteiger partial charge in [-0.15, -0.1) is 0 Å². The molecular formula is C21H28O3. The Hall–Kier alpha value is -1.32. The predicted molar refractivity (Wildman–Crippen MR) is 94.1 cm³/mol. The normalized spacial score (nSPS) is 40.4. The van der Waals surface area contributed by atoms with Crippen LogP contribution in [-0.2, 0) is 6.42 Å². The van der Waals surface area contributed by atoms with Crippen molar-refractivity contribution in [2.75, 3.05) is 6.61 Å². The lowest BCUT2D eigenvalue weighted by molar-refractivity contribution is -0.0505. The fourth-order valence-electron chi connectivity index (χ4n) is 5.79. The molecule has 0 spiro atoms. The van der Waals surface area contributed by atoms with E-state index in [9.17, 15) is 10.2 Å². The van der Waals surface area contributed by atoms with Crippen LogP contribution in [0.15, 0.2) is 30.9 Å². The monoisotopic (exact) mass is 328 g/mol. The maximum Gasteiger partial charge on any atom is 0.120 e. The zero-order chi connectivity index (χ0) is 16.9. The fourth-order valence-corrected chi connectivity index (χ4v) is 5.79. The SMILES string of the molecule is C=CCOc1ccc2c(c1)CC[C@H]1[C@H]2CC[C@@]2(C)[C@@H](O)[C@@H](O)C[C@@H]12. The summed E-state index contributed by atoms with van der Waals surface area (Å²) in [6, 6.07) is 6.52. The van der Waals surface area contributed by atoms with E-state index in [2.05, 4.69) is 31.7 Å². The minimum Gasteiger partial charge on any atom is -0.490 e. The summed E-state index contributed by atoms with van der Waals surface area (Å²) in [5.74, 6) is 2.52. The van der Waals surface area contributed by atoms with Crippen molar-refractivity contribution >= 4 is 0 Å². The van der Waals surface area contributed by atoms with Gasteiger partial charge in [0.25, 0.3) is 0 Å². The summed E-state index contributed by atoms with van der Waals surface area (Å²) in [4.78, 5) is 0. The number of aliphatic hydroxyl groups excluding tert-OH is 2. The zero-order valence-corrected chi connectivity index (χ0v) is 14.4. The lowest BCUT2D eigenvalue weighted by atomic mass is 9.55. The Labute approximate surface area is 144 Å². The molecule has 0 saturated heterocycles. The Morgan fingerprint density at radius 2 is 2.17 bits per heavy atom. The maximum absolute atomic E-state index is 10.5. The molecule has 3 nitrogen and oxygen atoms in total. The molecule has 3 heteroatoms. The molecule has 0 aliphatic heterocycles. The fraction of sp³-hybridized carbons (Fsp3) is 0.619. The van der Waals surface area contributed by atoms with Crippen molar-refractivity contribution < 1.29 is 14.9 Å². The summed E-state index contributed by atoms with van der Waals surface area (Å²) in [5.41, 5.74) is 2.78. The lowest BCUT2D eigenvalue weighted by Crippen LogP contribution is -2.44. The second kappa shape index (κ2) is 5.89. The number of hydrogen-bond acceptors (Lipinski definition) is 3. The van der Waals surface area contributed by atoms with Gasteiger partial charge in [-0.05, 0) is 78.5 Å². The van der Waals surface area contributed by atoms with Crippen LogP contribution in [-0.4, -0.2) is 29.0 Å². The average molecular weight is 328 g/mol. The molecule has 0 aromatic heterocycles. The molecule has 1 aromatic rings. The van der Waals surface area contributed by atoms with Crippen molar-refractivity contribution in [2.45, 2.75) is 57.2 Å². The minimum atomic E-state index is -0.556. The van der Waals surface area contributed by atoms with E-state index in [0.29, 0.717) is 24.4 Å². The third-order valence-corrected chi connectivity index (χ3v) is 7.04. The highest BCUT2D eigenvalue weighted by Crippen LogP contribution is 2.60. The Morgan fingerprint density at radius 1 is 1.33 bits per heavy atom. The standard InChI is InChI=1S/C21H28O3/c1-3-10-24-14-5-7-15-13(11-14)4-6-17-16(15)8-9-21(2)18(17)12-19(22)20(21)23/h3,5,7,11,16-20,22-23H,1,4,6,8-10,12H2,2H3/t16-,17-,18-,19-,20-,21+/m0/s1. The molecule has 0 heterocycles. The van der Waals surface area contributed by atoms with Gasteiger partial charge in [-0.1, -0.05) is 25.6 Å². The first-order chi connectivity index (χ1) is 11.5. The number of rotatable bonds is 3. The quantitative estimate of drug-likeness (QED) is 0.836. The number of fused-ring (bicyclic) bond motifs is 5. The van der Waals surface area contributed by atoms with Crippen LogP contribution in [0, 0.1) is 17.3 Å². The summed E-state index contributed by atoms with van der Waals surface area (Å²) in [6.45, 7) is 6.43. The highest BCUT2D eigenvalue weighted by Gasteiger charge is 2.57. The highest BCUT2D eigenvalue weighted by atomic mass is 16.5. The Morgan fingerprint density at radius 3 is 2.96 bits per heavy atom. The number of ether oxygens (including phenoxy) is 1. The molecule has 3 aliphatic rings. The van der Waals surface area contributed by atoms with Crippen molar-refractivity contribution in [1.29, 1.82) is 0 Å². The predicted octanol–water partition coefficient (Wildman–Crippen LogP) is 3.44. The average Bonchev–Trinajstić information content (AvgIpc) is 2.83.